The molecule has 0 fully saturated rings. The van der Waals surface area contributed by atoms with Crippen LogP contribution in [-0.2, 0) is 10.0 Å². The van der Waals surface area contributed by atoms with E-state index in [1.54, 1.807) is 41.0 Å². The Balaban J connectivity index is 0.00000197. The summed E-state index contributed by atoms with van der Waals surface area (Å²) >= 11 is 0. The number of ether oxygens (including phenoxy) is 1. The van der Waals surface area contributed by atoms with E-state index in [2.05, 4.69) is 5.32 Å². The monoisotopic (exact) mass is 673 g/mol. The summed E-state index contributed by atoms with van der Waals surface area (Å²) in [6.07, 6.45) is 0.459. The van der Waals surface area contributed by atoms with Crippen molar-refractivity contribution in [3.8, 4) is 39.7 Å². The first-order chi connectivity index (χ1) is 23.0. The van der Waals surface area contributed by atoms with Crippen molar-refractivity contribution in [2.75, 3.05) is 31.2 Å². The number of fused-ring (bicyclic) bond motifs is 6. The lowest BCUT2D eigenvalue weighted by Crippen LogP contribution is -2.28. The minimum absolute atomic E-state index is 0.119. The second-order valence-electron chi connectivity index (χ2n) is 10.9. The Morgan fingerprint density at radius 1 is 1.04 bits per heavy atom. The van der Waals surface area contributed by atoms with Gasteiger partial charge in [0.15, 0.2) is 6.23 Å². The van der Waals surface area contributed by atoms with Gasteiger partial charge in [0, 0.05) is 48.6 Å². The average Bonchev–Trinajstić information content (AvgIpc) is 3.67. The predicted octanol–water partition coefficient (Wildman–Crippen LogP) is 6.69. The van der Waals surface area contributed by atoms with E-state index in [1.165, 1.54) is 50.5 Å². The molecule has 1 amide bonds. The van der Waals surface area contributed by atoms with Gasteiger partial charge in [-0.1, -0.05) is 19.9 Å². The number of hydrogen-bond acceptors (Lipinski definition) is 7. The van der Waals surface area contributed by atoms with E-state index in [0.717, 1.165) is 10.6 Å². The third kappa shape index (κ3) is 5.34. The van der Waals surface area contributed by atoms with Gasteiger partial charge in [0.2, 0.25) is 10.0 Å². The van der Waals surface area contributed by atoms with Crippen LogP contribution in [0.25, 0.3) is 55.8 Å². The number of hydrogen-bond donors (Lipinski definition) is 2. The van der Waals surface area contributed by atoms with Crippen molar-refractivity contribution in [3.05, 3.63) is 90.0 Å². The number of nitrogens with one attached hydrogen (secondary N) is 1. The van der Waals surface area contributed by atoms with E-state index in [-0.39, 0.29) is 29.1 Å². The summed E-state index contributed by atoms with van der Waals surface area (Å²) < 4.78 is 69.5. The maximum absolute atomic E-state index is 14.9. The fourth-order valence-corrected chi connectivity index (χ4v) is 6.37. The van der Waals surface area contributed by atoms with Crippen LogP contribution >= 0.6 is 0 Å². The molecule has 0 aliphatic carbocycles. The van der Waals surface area contributed by atoms with Crippen LogP contribution in [0.2, 0.25) is 0 Å². The van der Waals surface area contributed by atoms with E-state index in [4.69, 9.17) is 19.9 Å². The van der Waals surface area contributed by atoms with E-state index in [9.17, 15) is 22.0 Å². The lowest BCUT2D eigenvalue weighted by molar-refractivity contribution is 0.0964. The smallest absolute Gasteiger partial charge is 0.255 e. The van der Waals surface area contributed by atoms with Gasteiger partial charge in [0.25, 0.3) is 5.91 Å². The zero-order chi connectivity index (χ0) is 34.5. The molecule has 0 radical (unpaired) electrons. The Labute approximate surface area is 275 Å². The second-order valence-corrected chi connectivity index (χ2v) is 12.9. The van der Waals surface area contributed by atoms with Crippen molar-refractivity contribution < 1.29 is 31.1 Å². The highest BCUT2D eigenvalue weighted by Crippen LogP contribution is 2.45. The average molecular weight is 674 g/mol. The summed E-state index contributed by atoms with van der Waals surface area (Å²) in [7, 11) is -0.900. The molecule has 3 aromatic heterocycles. The van der Waals surface area contributed by atoms with Gasteiger partial charge < -0.3 is 24.8 Å². The molecule has 48 heavy (non-hydrogen) atoms. The number of carbonyl (C=O) groups excluding carboxylic acids is 1. The summed E-state index contributed by atoms with van der Waals surface area (Å²) in [5, 5.41) is 3.38. The highest BCUT2D eigenvalue weighted by molar-refractivity contribution is 7.92. The van der Waals surface area contributed by atoms with Gasteiger partial charge in [-0.25, -0.2) is 22.2 Å². The van der Waals surface area contributed by atoms with Crippen LogP contribution < -0.4 is 20.1 Å². The van der Waals surface area contributed by atoms with Crippen molar-refractivity contribution in [2.24, 2.45) is 5.73 Å². The van der Waals surface area contributed by atoms with Gasteiger partial charge in [-0.2, -0.15) is 0 Å². The molecule has 0 saturated heterocycles. The summed E-state index contributed by atoms with van der Waals surface area (Å²) in [4.78, 5) is 18.2. The molecule has 0 bridgehead atoms. The Morgan fingerprint density at radius 2 is 1.77 bits per heavy atom. The maximum Gasteiger partial charge on any atom is 0.255 e. The van der Waals surface area contributed by atoms with E-state index >= 15 is 0 Å². The summed E-state index contributed by atoms with van der Waals surface area (Å²) in [6.45, 7) is 4.12. The Hall–Kier alpha value is -5.27. The van der Waals surface area contributed by atoms with Crippen LogP contribution in [0.1, 0.15) is 30.4 Å². The van der Waals surface area contributed by atoms with Crippen molar-refractivity contribution in [1.82, 2.24) is 14.9 Å². The molecule has 3 N–H and O–H groups in total. The number of pyridine rings is 1. The molecule has 4 heterocycles. The first-order valence-electron chi connectivity index (χ1n) is 15.2. The lowest BCUT2D eigenvalue weighted by Gasteiger charge is -2.29. The highest BCUT2D eigenvalue weighted by atomic mass is 32.2. The first-order valence-corrected chi connectivity index (χ1v) is 17.1. The number of aromatic nitrogens is 2. The molecule has 6 aromatic rings. The van der Waals surface area contributed by atoms with E-state index < -0.39 is 33.8 Å². The number of anilines is 1. The fraction of sp³-hybridized carbons (Fsp3) is 0.200. The normalized spacial score (nSPS) is 13.7. The van der Waals surface area contributed by atoms with Gasteiger partial charge in [-0.05, 0) is 60.7 Å². The number of nitrogens with zero attached hydrogens (tertiary/aromatic N) is 3. The molecule has 10 nitrogen and oxygen atoms in total. The van der Waals surface area contributed by atoms with E-state index in [0.29, 0.717) is 50.2 Å². The molecule has 7 rings (SSSR count). The first kappa shape index (κ1) is 32.7. The molecule has 13 heteroatoms. The standard InChI is InChI=1S/C33H27F2N5O5S.C2H6/c1-37-33(41)30-21-13-20(25(39(2)46(3,42)43)15-28(21)45-32(30)17-7-9-18(34)10-8-17)23-11-12-27-31(38-23)26-14-19-22(35)5-4-6-24(19)40(26)29(16-36)44-27;1-2/h4-15,29H,16,36H2,1-3H3,(H,37,41);1-2H3. The molecule has 248 valence electrons. The minimum atomic E-state index is -3.78. The van der Waals surface area contributed by atoms with Crippen molar-refractivity contribution >= 4 is 43.5 Å². The Morgan fingerprint density at radius 3 is 2.44 bits per heavy atom. The molecular formula is C35H33F2N5O5S. The van der Waals surface area contributed by atoms with Crippen LogP contribution in [0.3, 0.4) is 0 Å². The highest BCUT2D eigenvalue weighted by Gasteiger charge is 2.31. The molecule has 3 aromatic carbocycles. The van der Waals surface area contributed by atoms with Gasteiger partial charge in [0.05, 0.1) is 34.4 Å². The number of rotatable bonds is 6. The molecule has 1 aliphatic heterocycles. The predicted molar refractivity (Wildman–Crippen MR) is 182 cm³/mol. The van der Waals surface area contributed by atoms with Gasteiger partial charge in [-0.3, -0.25) is 9.10 Å². The quantitative estimate of drug-likeness (QED) is 0.201. The SMILES string of the molecule is CC.CNC(=O)c1c(-c2ccc(F)cc2)oc2cc(N(C)S(C)(=O)=O)c(-c3ccc4c(n3)-c3cc5c(F)cccc5n3C(CN)O4)cc12. The topological polar surface area (TPSA) is 133 Å². The van der Waals surface area contributed by atoms with Crippen molar-refractivity contribution in [3.63, 3.8) is 0 Å². The number of carbonyl (C=O) groups is 1. The summed E-state index contributed by atoms with van der Waals surface area (Å²) in [5.74, 6) is -0.719. The maximum atomic E-state index is 14.9. The molecule has 1 unspecified atom stereocenters. The molecule has 0 saturated carbocycles. The van der Waals surface area contributed by atoms with E-state index in [1.807, 2.05) is 13.8 Å². The largest absolute Gasteiger partial charge is 0.466 e. The second kappa shape index (κ2) is 12.4. The van der Waals surface area contributed by atoms with Crippen LogP contribution in [0.5, 0.6) is 5.75 Å². The van der Waals surface area contributed by atoms with Crippen LogP contribution in [-0.4, -0.2) is 50.8 Å². The third-order valence-electron chi connectivity index (χ3n) is 8.16. The van der Waals surface area contributed by atoms with Crippen LogP contribution in [0.15, 0.2) is 77.2 Å². The zero-order valence-electron chi connectivity index (χ0n) is 26.8. The third-order valence-corrected chi connectivity index (χ3v) is 9.35. The minimum Gasteiger partial charge on any atom is -0.466 e. The number of amides is 1. The van der Waals surface area contributed by atoms with Crippen LogP contribution in [0, 0.1) is 11.6 Å². The number of halogens is 2. The lowest BCUT2D eigenvalue weighted by atomic mass is 10.0. The van der Waals surface area contributed by atoms with Crippen LogP contribution in [0.4, 0.5) is 14.5 Å². The number of nitrogens with two attached hydrogens (primary N) is 1. The zero-order valence-corrected chi connectivity index (χ0v) is 27.7. The summed E-state index contributed by atoms with van der Waals surface area (Å²) in [5.41, 5.74) is 9.43. The molecular weight excluding hydrogens is 640 g/mol. The molecule has 1 atom stereocenters. The number of benzene rings is 3. The molecule has 0 spiro atoms. The summed E-state index contributed by atoms with van der Waals surface area (Å²) in [6, 6.07) is 18.5. The Bertz CT molecular complexity index is 2320. The van der Waals surface area contributed by atoms with Gasteiger partial charge >= 0.3 is 0 Å². The fourth-order valence-electron chi connectivity index (χ4n) is 5.87. The van der Waals surface area contributed by atoms with Crippen molar-refractivity contribution in [2.45, 2.75) is 20.1 Å². The molecule has 1 aliphatic rings. The Kier molecular flexibility index (Phi) is 8.44. The number of furan rings is 1. The number of sulfonamides is 1. The van der Waals surface area contributed by atoms with Gasteiger partial charge in [0.1, 0.15) is 34.4 Å². The van der Waals surface area contributed by atoms with Crippen molar-refractivity contribution in [1.29, 1.82) is 0 Å². The van der Waals surface area contributed by atoms with Gasteiger partial charge in [-0.15, -0.1) is 0 Å².